The maximum atomic E-state index is 11.9. The zero-order valence-corrected chi connectivity index (χ0v) is 12.6. The number of alkyl halides is 3. The second-order valence-electron chi connectivity index (χ2n) is 4.81. The number of halogens is 3. The number of amides is 1. The Morgan fingerprint density at radius 3 is 2.24 bits per heavy atom. The Morgan fingerprint density at radius 2 is 1.76 bits per heavy atom. The number of sulfonamides is 1. The predicted octanol–water partition coefficient (Wildman–Crippen LogP) is 0.0223. The molecule has 0 bridgehead atoms. The van der Waals surface area contributed by atoms with Crippen molar-refractivity contribution in [2.75, 3.05) is 45.0 Å². The SMILES string of the molecule is CCCS(=O)(=O)N1CCN(C(=O)CNCC(F)(F)F)CC1. The summed E-state index contributed by atoms with van der Waals surface area (Å²) >= 11 is 0. The molecule has 1 N–H and O–H groups in total. The summed E-state index contributed by atoms with van der Waals surface area (Å²) in [6.07, 6.45) is -3.84. The van der Waals surface area contributed by atoms with Crippen LogP contribution in [0, 0.1) is 0 Å². The van der Waals surface area contributed by atoms with Crippen LogP contribution in [0.4, 0.5) is 13.2 Å². The van der Waals surface area contributed by atoms with Crippen molar-refractivity contribution >= 4 is 15.9 Å². The first-order chi connectivity index (χ1) is 9.65. The fraction of sp³-hybridized carbons (Fsp3) is 0.909. The van der Waals surface area contributed by atoms with Gasteiger partial charge in [-0.25, -0.2) is 8.42 Å². The highest BCUT2D eigenvalue weighted by molar-refractivity contribution is 7.89. The lowest BCUT2D eigenvalue weighted by molar-refractivity contribution is -0.135. The van der Waals surface area contributed by atoms with E-state index in [1.807, 2.05) is 5.32 Å². The summed E-state index contributed by atoms with van der Waals surface area (Å²) in [7, 11) is -3.29. The second kappa shape index (κ2) is 7.41. The minimum atomic E-state index is -4.35. The molecule has 1 amide bonds. The molecule has 124 valence electrons. The first-order valence-electron chi connectivity index (χ1n) is 6.69. The third kappa shape index (κ3) is 6.18. The Kier molecular flexibility index (Phi) is 6.41. The number of piperazine rings is 1. The second-order valence-corrected chi connectivity index (χ2v) is 6.90. The number of carbonyl (C=O) groups excluding carboxylic acids is 1. The molecule has 0 atom stereocenters. The van der Waals surface area contributed by atoms with Gasteiger partial charge in [0.15, 0.2) is 0 Å². The number of nitrogens with one attached hydrogen (secondary N) is 1. The van der Waals surface area contributed by atoms with Crippen molar-refractivity contribution in [3.05, 3.63) is 0 Å². The molecule has 0 unspecified atom stereocenters. The van der Waals surface area contributed by atoms with Crippen molar-refractivity contribution in [1.82, 2.24) is 14.5 Å². The van der Waals surface area contributed by atoms with Gasteiger partial charge in [0.25, 0.3) is 0 Å². The molecule has 0 aromatic heterocycles. The van der Waals surface area contributed by atoms with Gasteiger partial charge in [-0.05, 0) is 6.42 Å². The first-order valence-corrected chi connectivity index (χ1v) is 8.29. The fourth-order valence-corrected chi connectivity index (χ4v) is 3.52. The fourth-order valence-electron chi connectivity index (χ4n) is 2.03. The molecule has 6 nitrogen and oxygen atoms in total. The summed E-state index contributed by atoms with van der Waals surface area (Å²) in [5.41, 5.74) is 0. The normalized spacial score (nSPS) is 18.0. The number of hydrogen-bond donors (Lipinski definition) is 1. The summed E-state index contributed by atoms with van der Waals surface area (Å²) in [6.45, 7) is 0.931. The van der Waals surface area contributed by atoms with E-state index in [4.69, 9.17) is 0 Å². The summed E-state index contributed by atoms with van der Waals surface area (Å²) in [6, 6.07) is 0. The van der Waals surface area contributed by atoms with E-state index in [1.165, 1.54) is 9.21 Å². The minimum Gasteiger partial charge on any atom is -0.339 e. The number of nitrogens with zero attached hydrogens (tertiary/aromatic N) is 2. The summed E-state index contributed by atoms with van der Waals surface area (Å²) in [4.78, 5) is 13.1. The number of rotatable bonds is 6. The molecule has 1 aliphatic heterocycles. The van der Waals surface area contributed by atoms with E-state index < -0.39 is 35.2 Å². The first kappa shape index (κ1) is 18.2. The van der Waals surface area contributed by atoms with E-state index in [-0.39, 0.29) is 31.9 Å². The van der Waals surface area contributed by atoms with E-state index in [0.717, 1.165) is 0 Å². The Labute approximate surface area is 122 Å². The van der Waals surface area contributed by atoms with E-state index >= 15 is 0 Å². The molecule has 21 heavy (non-hydrogen) atoms. The molecule has 0 radical (unpaired) electrons. The lowest BCUT2D eigenvalue weighted by Gasteiger charge is -2.34. The zero-order chi connectivity index (χ0) is 16.1. The van der Waals surface area contributed by atoms with Gasteiger partial charge in [0.1, 0.15) is 0 Å². The largest absolute Gasteiger partial charge is 0.401 e. The molecule has 1 aliphatic rings. The third-order valence-corrected chi connectivity index (χ3v) is 5.12. The highest BCUT2D eigenvalue weighted by Gasteiger charge is 2.29. The summed E-state index contributed by atoms with van der Waals surface area (Å²) in [5, 5.41) is 2.04. The highest BCUT2D eigenvalue weighted by atomic mass is 32.2. The van der Waals surface area contributed by atoms with E-state index in [1.54, 1.807) is 6.92 Å². The van der Waals surface area contributed by atoms with Gasteiger partial charge in [-0.1, -0.05) is 6.92 Å². The zero-order valence-electron chi connectivity index (χ0n) is 11.8. The van der Waals surface area contributed by atoms with Crippen molar-refractivity contribution in [3.8, 4) is 0 Å². The van der Waals surface area contributed by atoms with Gasteiger partial charge in [0.05, 0.1) is 18.8 Å². The van der Waals surface area contributed by atoms with E-state index in [2.05, 4.69) is 0 Å². The van der Waals surface area contributed by atoms with Crippen molar-refractivity contribution < 1.29 is 26.4 Å². The third-order valence-electron chi connectivity index (χ3n) is 3.05. The van der Waals surface area contributed by atoms with Crippen LogP contribution in [0.2, 0.25) is 0 Å². The van der Waals surface area contributed by atoms with Crippen molar-refractivity contribution in [2.24, 2.45) is 0 Å². The average molecular weight is 331 g/mol. The lowest BCUT2D eigenvalue weighted by atomic mass is 10.3. The van der Waals surface area contributed by atoms with Gasteiger partial charge in [0.2, 0.25) is 15.9 Å². The van der Waals surface area contributed by atoms with Gasteiger partial charge in [-0.2, -0.15) is 17.5 Å². The van der Waals surface area contributed by atoms with Crippen molar-refractivity contribution in [3.63, 3.8) is 0 Å². The van der Waals surface area contributed by atoms with Crippen LogP contribution in [0.25, 0.3) is 0 Å². The molecule has 1 saturated heterocycles. The van der Waals surface area contributed by atoms with Crippen LogP contribution in [-0.2, 0) is 14.8 Å². The average Bonchev–Trinajstić information content (AvgIpc) is 2.37. The maximum Gasteiger partial charge on any atom is 0.401 e. The van der Waals surface area contributed by atoms with Gasteiger partial charge < -0.3 is 10.2 Å². The van der Waals surface area contributed by atoms with Crippen LogP contribution in [0.3, 0.4) is 0 Å². The summed E-state index contributed by atoms with van der Waals surface area (Å²) in [5.74, 6) is -0.388. The molecular weight excluding hydrogens is 311 g/mol. The standard InChI is InChI=1S/C11H20F3N3O3S/c1-2-7-21(19,20)17-5-3-16(4-6-17)10(18)8-15-9-11(12,13)14/h15H,2-9H2,1H3. The topological polar surface area (TPSA) is 69.7 Å². The molecule has 0 aliphatic carbocycles. The summed E-state index contributed by atoms with van der Waals surface area (Å²) < 4.78 is 60.8. The van der Waals surface area contributed by atoms with Crippen LogP contribution in [0.5, 0.6) is 0 Å². The van der Waals surface area contributed by atoms with E-state index in [9.17, 15) is 26.4 Å². The monoisotopic (exact) mass is 331 g/mol. The Bertz CT molecular complexity index is 445. The predicted molar refractivity (Wildman–Crippen MR) is 71.2 cm³/mol. The molecule has 0 saturated carbocycles. The van der Waals surface area contributed by atoms with Crippen LogP contribution in [0.15, 0.2) is 0 Å². The highest BCUT2D eigenvalue weighted by Crippen LogP contribution is 2.12. The molecule has 1 fully saturated rings. The van der Waals surface area contributed by atoms with E-state index in [0.29, 0.717) is 6.42 Å². The smallest absolute Gasteiger partial charge is 0.339 e. The maximum absolute atomic E-state index is 11.9. The van der Waals surface area contributed by atoms with Crippen LogP contribution < -0.4 is 5.32 Å². The lowest BCUT2D eigenvalue weighted by Crippen LogP contribution is -2.52. The van der Waals surface area contributed by atoms with Crippen LogP contribution in [-0.4, -0.2) is 74.7 Å². The van der Waals surface area contributed by atoms with Crippen molar-refractivity contribution in [2.45, 2.75) is 19.5 Å². The Morgan fingerprint density at radius 1 is 1.19 bits per heavy atom. The molecular formula is C11H20F3N3O3S. The van der Waals surface area contributed by atoms with Gasteiger partial charge in [-0.15, -0.1) is 0 Å². The molecule has 10 heteroatoms. The number of hydrogen-bond acceptors (Lipinski definition) is 4. The molecule has 1 rings (SSSR count). The molecule has 0 spiro atoms. The number of carbonyl (C=O) groups is 1. The molecule has 0 aromatic rings. The molecule has 0 aromatic carbocycles. The van der Waals surface area contributed by atoms with Gasteiger partial charge >= 0.3 is 6.18 Å². The minimum absolute atomic E-state index is 0.0636. The van der Waals surface area contributed by atoms with Crippen LogP contribution >= 0.6 is 0 Å². The van der Waals surface area contributed by atoms with Crippen molar-refractivity contribution in [1.29, 1.82) is 0 Å². The van der Waals surface area contributed by atoms with Gasteiger partial charge in [0, 0.05) is 26.2 Å². The van der Waals surface area contributed by atoms with Gasteiger partial charge in [-0.3, -0.25) is 4.79 Å². The Hall–Kier alpha value is -0.870. The quantitative estimate of drug-likeness (QED) is 0.745. The molecule has 1 heterocycles. The van der Waals surface area contributed by atoms with Crippen LogP contribution in [0.1, 0.15) is 13.3 Å². The Balaban J connectivity index is 2.37.